The van der Waals surface area contributed by atoms with Crippen molar-refractivity contribution in [3.63, 3.8) is 0 Å². The first-order chi connectivity index (χ1) is 18.6. The van der Waals surface area contributed by atoms with E-state index in [0.29, 0.717) is 25.9 Å². The van der Waals surface area contributed by atoms with Crippen LogP contribution in [0.25, 0.3) is 0 Å². The summed E-state index contributed by atoms with van der Waals surface area (Å²) >= 11 is 6.86. The summed E-state index contributed by atoms with van der Waals surface area (Å²) in [5, 5.41) is 20.9. The molecule has 1 fully saturated rings. The summed E-state index contributed by atoms with van der Waals surface area (Å²) in [6.45, 7) is 2.53. The molecule has 1 saturated heterocycles. The van der Waals surface area contributed by atoms with E-state index in [9.17, 15) is 10.2 Å². The average Bonchev–Trinajstić information content (AvgIpc) is 2.90. The lowest BCUT2D eigenvalue weighted by Crippen LogP contribution is -2.33. The van der Waals surface area contributed by atoms with Crippen LogP contribution < -0.4 is 9.47 Å². The zero-order chi connectivity index (χ0) is 28.2. The predicted octanol–water partition coefficient (Wildman–Crippen LogP) is 6.69. The van der Waals surface area contributed by atoms with E-state index in [4.69, 9.17) is 25.8 Å². The Hall–Kier alpha value is -2.22. The van der Waals surface area contributed by atoms with Crippen LogP contribution >= 0.6 is 21.6 Å². The van der Waals surface area contributed by atoms with Crippen molar-refractivity contribution in [2.45, 2.75) is 49.7 Å². The van der Waals surface area contributed by atoms with Gasteiger partial charge in [0.25, 0.3) is 0 Å². The van der Waals surface area contributed by atoms with Crippen LogP contribution in [0.15, 0.2) is 60.7 Å². The van der Waals surface area contributed by atoms with Gasteiger partial charge in [-0.25, -0.2) is 10.0 Å². The molecule has 0 spiro atoms. The van der Waals surface area contributed by atoms with Gasteiger partial charge in [0.05, 0.1) is 38.6 Å². The van der Waals surface area contributed by atoms with E-state index < -0.39 is 16.1 Å². The monoisotopic (exact) mass is 572 g/mol. The van der Waals surface area contributed by atoms with E-state index in [1.807, 2.05) is 37.3 Å². The standard InChI is InChI=1S/C32H41ClO5S/c1-6-37-26-11-8-22(9-12-26)32(39(3,4)5)28-16-21(7-13-29(28)33)15-24-17-23(10-14-30(24)36-2)31-19-25(35)18-27(20-34)38-31/h7-14,16-17,25,27,31-32,34-35H,6,15,18-20H2,1-5H3. The van der Waals surface area contributed by atoms with Gasteiger partial charge in [-0.2, -0.15) is 0 Å². The Morgan fingerprint density at radius 1 is 1.03 bits per heavy atom. The highest BCUT2D eigenvalue weighted by atomic mass is 35.5. The van der Waals surface area contributed by atoms with Gasteiger partial charge in [0.15, 0.2) is 0 Å². The minimum Gasteiger partial charge on any atom is -0.496 e. The minimum absolute atomic E-state index is 0.102. The van der Waals surface area contributed by atoms with Gasteiger partial charge in [-0.3, -0.25) is 0 Å². The largest absolute Gasteiger partial charge is 0.496 e. The predicted molar refractivity (Wildman–Crippen MR) is 162 cm³/mol. The second-order valence-corrected chi connectivity index (χ2v) is 15.7. The number of aliphatic hydroxyl groups excluding tert-OH is 2. The molecule has 0 saturated carbocycles. The van der Waals surface area contributed by atoms with E-state index in [1.165, 1.54) is 5.56 Å². The van der Waals surface area contributed by atoms with Crippen LogP contribution in [0.2, 0.25) is 5.02 Å². The third-order valence-corrected chi connectivity index (χ3v) is 9.48. The average molecular weight is 573 g/mol. The molecule has 0 aliphatic carbocycles. The fourth-order valence-corrected chi connectivity index (χ4v) is 7.68. The van der Waals surface area contributed by atoms with Crippen LogP contribution in [0.3, 0.4) is 0 Å². The van der Waals surface area contributed by atoms with E-state index in [1.54, 1.807) is 7.11 Å². The van der Waals surface area contributed by atoms with Crippen molar-refractivity contribution in [3.8, 4) is 11.5 Å². The Morgan fingerprint density at radius 3 is 2.41 bits per heavy atom. The Kier molecular flexibility index (Phi) is 9.89. The molecule has 0 amide bonds. The van der Waals surface area contributed by atoms with Gasteiger partial charge < -0.3 is 24.4 Å². The summed E-state index contributed by atoms with van der Waals surface area (Å²) in [5.74, 6) is 1.67. The summed E-state index contributed by atoms with van der Waals surface area (Å²) in [5.41, 5.74) is 5.51. The molecule has 1 aliphatic heterocycles. The van der Waals surface area contributed by atoms with E-state index in [2.05, 4.69) is 49.1 Å². The highest BCUT2D eigenvalue weighted by molar-refractivity contribution is 8.32. The molecular formula is C32H41ClO5S. The normalized spacial score (nSPS) is 20.9. The lowest BCUT2D eigenvalue weighted by Gasteiger charge is -2.37. The third-order valence-electron chi connectivity index (χ3n) is 7.20. The number of ether oxygens (including phenoxy) is 3. The van der Waals surface area contributed by atoms with Crippen molar-refractivity contribution < 1.29 is 24.4 Å². The molecule has 39 heavy (non-hydrogen) atoms. The number of hydrogen-bond donors (Lipinski definition) is 2. The zero-order valence-corrected chi connectivity index (χ0v) is 25.1. The van der Waals surface area contributed by atoms with Crippen LogP contribution in [0, 0.1) is 0 Å². The highest BCUT2D eigenvalue weighted by Gasteiger charge is 2.30. The number of halogens is 1. The Morgan fingerprint density at radius 2 is 1.77 bits per heavy atom. The van der Waals surface area contributed by atoms with Gasteiger partial charge in [-0.15, -0.1) is 0 Å². The van der Waals surface area contributed by atoms with Crippen molar-refractivity contribution >= 4 is 21.6 Å². The molecule has 0 radical (unpaired) electrons. The Labute approximate surface area is 239 Å². The number of aliphatic hydroxyl groups is 2. The SMILES string of the molecule is CCOc1ccc(C(c2cc(Cc3cc(C4CC(O)CC(CO)O4)ccc3OC)ccc2Cl)S(C)(C)C)cc1. The quantitative estimate of drug-likeness (QED) is 0.283. The van der Waals surface area contributed by atoms with Crippen molar-refractivity contribution in [1.29, 1.82) is 0 Å². The molecular weight excluding hydrogens is 532 g/mol. The summed E-state index contributed by atoms with van der Waals surface area (Å²) in [6.07, 6.45) is 7.46. The Bertz CT molecular complexity index is 1240. The first-order valence-corrected chi connectivity index (χ1v) is 16.7. The second kappa shape index (κ2) is 13.0. The Balaban J connectivity index is 1.67. The van der Waals surface area contributed by atoms with Gasteiger partial charge in [-0.05, 0) is 83.8 Å². The third kappa shape index (κ3) is 7.30. The highest BCUT2D eigenvalue weighted by Crippen LogP contribution is 2.56. The number of benzene rings is 3. The van der Waals surface area contributed by atoms with Crippen molar-refractivity contribution in [3.05, 3.63) is 93.5 Å². The molecule has 0 bridgehead atoms. The molecule has 212 valence electrons. The van der Waals surface area contributed by atoms with Gasteiger partial charge >= 0.3 is 0 Å². The van der Waals surface area contributed by atoms with E-state index in [-0.39, 0.29) is 24.1 Å². The summed E-state index contributed by atoms with van der Waals surface area (Å²) in [4.78, 5) is 0. The van der Waals surface area contributed by atoms with Crippen LogP contribution in [-0.4, -0.2) is 61.5 Å². The van der Waals surface area contributed by atoms with Gasteiger partial charge in [-0.1, -0.05) is 41.9 Å². The van der Waals surface area contributed by atoms with E-state index >= 15 is 0 Å². The first kappa shape index (κ1) is 29.8. The number of methoxy groups -OCH3 is 1. The van der Waals surface area contributed by atoms with Gasteiger partial charge in [0.1, 0.15) is 11.5 Å². The molecule has 1 heterocycles. The van der Waals surface area contributed by atoms with Crippen LogP contribution in [0.4, 0.5) is 0 Å². The van der Waals surface area contributed by atoms with Gasteiger partial charge in [0.2, 0.25) is 0 Å². The fourth-order valence-electron chi connectivity index (χ4n) is 5.46. The molecule has 2 N–H and O–H groups in total. The molecule has 3 aromatic carbocycles. The maximum atomic E-state index is 10.3. The van der Waals surface area contributed by atoms with Crippen LogP contribution in [-0.2, 0) is 11.2 Å². The maximum absolute atomic E-state index is 10.3. The fraction of sp³-hybridized carbons (Fsp3) is 0.438. The van der Waals surface area contributed by atoms with E-state index in [0.717, 1.165) is 38.8 Å². The van der Waals surface area contributed by atoms with Gasteiger partial charge in [0, 0.05) is 29.5 Å². The number of rotatable bonds is 10. The van der Waals surface area contributed by atoms with Crippen LogP contribution in [0.5, 0.6) is 11.5 Å². The van der Waals surface area contributed by atoms with Crippen molar-refractivity contribution in [2.24, 2.45) is 0 Å². The number of hydrogen-bond acceptors (Lipinski definition) is 5. The van der Waals surface area contributed by atoms with Crippen LogP contribution in [0.1, 0.15) is 58.9 Å². The molecule has 1 aliphatic rings. The molecule has 5 nitrogen and oxygen atoms in total. The molecule has 4 rings (SSSR count). The second-order valence-electron chi connectivity index (χ2n) is 11.0. The van der Waals surface area contributed by atoms with Crippen molar-refractivity contribution in [2.75, 3.05) is 39.1 Å². The molecule has 4 unspecified atom stereocenters. The molecule has 4 atom stereocenters. The molecule has 0 aromatic heterocycles. The summed E-state index contributed by atoms with van der Waals surface area (Å²) < 4.78 is 17.5. The summed E-state index contributed by atoms with van der Waals surface area (Å²) in [6, 6.07) is 20.7. The lowest BCUT2D eigenvalue weighted by molar-refractivity contribution is -0.113. The molecule has 3 aromatic rings. The summed E-state index contributed by atoms with van der Waals surface area (Å²) in [7, 11) is 0.614. The topological polar surface area (TPSA) is 68.2 Å². The smallest absolute Gasteiger partial charge is 0.122 e. The van der Waals surface area contributed by atoms with Crippen molar-refractivity contribution in [1.82, 2.24) is 0 Å². The lowest BCUT2D eigenvalue weighted by atomic mass is 9.93. The maximum Gasteiger partial charge on any atom is 0.122 e. The first-order valence-electron chi connectivity index (χ1n) is 13.4. The minimum atomic E-state index is -1.07. The zero-order valence-electron chi connectivity index (χ0n) is 23.5. The molecule has 7 heteroatoms.